The maximum absolute atomic E-state index is 12.7. The Labute approximate surface area is 172 Å². The van der Waals surface area contributed by atoms with Crippen LogP contribution < -0.4 is 11.1 Å². The van der Waals surface area contributed by atoms with E-state index in [9.17, 15) is 9.59 Å². The number of carbonyl (C=O) groups is 2. The van der Waals surface area contributed by atoms with Gasteiger partial charge >= 0.3 is 6.03 Å². The first-order chi connectivity index (χ1) is 13.5. The average molecular weight is 420 g/mol. The number of primary amides is 1. The molecule has 2 aliphatic rings. The van der Waals surface area contributed by atoms with Gasteiger partial charge in [-0.2, -0.15) is 16.9 Å². The number of hydrogen-bond donors (Lipinski definition) is 2. The molecule has 3 amide bonds. The number of benzene rings is 1. The number of aromatic nitrogens is 2. The summed E-state index contributed by atoms with van der Waals surface area (Å²) in [5.74, 6) is -0.555. The number of nitrogens with one attached hydrogen (secondary N) is 1. The molecule has 2 aromatic rings. The highest BCUT2D eigenvalue weighted by molar-refractivity contribution is 7.99. The Hall–Kier alpha value is -2.19. The molecule has 1 aromatic carbocycles. The lowest BCUT2D eigenvalue weighted by molar-refractivity contribution is 0.0997. The molecular formula is C19H22ClN5O2S. The summed E-state index contributed by atoms with van der Waals surface area (Å²) in [7, 11) is 0. The molecule has 0 radical (unpaired) electrons. The number of thioether (sulfide) groups is 1. The van der Waals surface area contributed by atoms with E-state index in [1.807, 2.05) is 17.8 Å². The molecule has 148 valence electrons. The normalized spacial score (nSPS) is 21.0. The van der Waals surface area contributed by atoms with Gasteiger partial charge < -0.3 is 16.0 Å². The van der Waals surface area contributed by atoms with Crippen molar-refractivity contribution in [3.05, 3.63) is 40.5 Å². The first-order valence-electron chi connectivity index (χ1n) is 9.20. The molecule has 7 nitrogen and oxygen atoms in total. The van der Waals surface area contributed by atoms with E-state index in [1.54, 1.807) is 27.8 Å². The summed E-state index contributed by atoms with van der Waals surface area (Å²) in [5, 5.41) is 8.86. The lowest BCUT2D eigenvalue weighted by atomic mass is 9.92. The Morgan fingerprint density at radius 1 is 1.32 bits per heavy atom. The summed E-state index contributed by atoms with van der Waals surface area (Å²) in [6.07, 6.45) is 4.10. The van der Waals surface area contributed by atoms with Gasteiger partial charge in [-0.1, -0.05) is 23.7 Å². The highest BCUT2D eigenvalue weighted by Crippen LogP contribution is 2.31. The van der Waals surface area contributed by atoms with Crippen LogP contribution in [0.15, 0.2) is 24.3 Å². The third-order valence-corrected chi connectivity index (χ3v) is 6.65. The van der Waals surface area contributed by atoms with Gasteiger partial charge in [0, 0.05) is 28.4 Å². The number of nitrogens with zero attached hydrogens (tertiary/aromatic N) is 3. The number of urea groups is 1. The van der Waals surface area contributed by atoms with Gasteiger partial charge in [0.05, 0.1) is 24.3 Å². The third kappa shape index (κ3) is 3.58. The average Bonchev–Trinajstić information content (AvgIpc) is 3.03. The maximum Gasteiger partial charge on any atom is 0.318 e. The Morgan fingerprint density at radius 2 is 2.11 bits per heavy atom. The van der Waals surface area contributed by atoms with Crippen LogP contribution in [0.1, 0.15) is 28.9 Å². The molecule has 1 fully saturated rings. The van der Waals surface area contributed by atoms with Crippen molar-refractivity contribution < 1.29 is 9.59 Å². The van der Waals surface area contributed by atoms with Crippen LogP contribution in [0.2, 0.25) is 5.02 Å². The van der Waals surface area contributed by atoms with Crippen LogP contribution in [-0.2, 0) is 13.1 Å². The molecular weight excluding hydrogens is 398 g/mol. The van der Waals surface area contributed by atoms with Gasteiger partial charge in [0.25, 0.3) is 5.91 Å². The van der Waals surface area contributed by atoms with Gasteiger partial charge in [-0.25, -0.2) is 4.79 Å². The molecule has 0 saturated heterocycles. The first kappa shape index (κ1) is 19.1. The van der Waals surface area contributed by atoms with Crippen LogP contribution >= 0.6 is 23.4 Å². The Kier molecular flexibility index (Phi) is 5.25. The molecule has 1 aliphatic carbocycles. The predicted octanol–water partition coefficient (Wildman–Crippen LogP) is 2.72. The zero-order valence-electron chi connectivity index (χ0n) is 15.5. The first-order valence-corrected chi connectivity index (χ1v) is 10.9. The second kappa shape index (κ2) is 7.67. The molecule has 1 aliphatic heterocycles. The minimum atomic E-state index is -0.555. The molecule has 28 heavy (non-hydrogen) atoms. The fraction of sp³-hybridized carbons (Fsp3) is 0.421. The number of hydrogen-bond acceptors (Lipinski definition) is 4. The lowest BCUT2D eigenvalue weighted by Crippen LogP contribution is -2.52. The fourth-order valence-electron chi connectivity index (χ4n) is 3.73. The second-order valence-electron chi connectivity index (χ2n) is 7.17. The van der Waals surface area contributed by atoms with Crippen molar-refractivity contribution in [2.24, 2.45) is 5.73 Å². The summed E-state index contributed by atoms with van der Waals surface area (Å²) < 4.78 is 1.77. The standard InChI is InChI=1S/C19H22ClN5O2S/c1-28-14-8-13(9-14)22-19(27)24-5-6-25-15(10-24)16(18(21)26)17(23-25)11-3-2-4-12(20)7-11/h2-4,7,13-14H,5-6,8-10H2,1H3,(H2,21,26)(H,22,27)/t13-,14-. The third-order valence-electron chi connectivity index (χ3n) is 5.37. The van der Waals surface area contributed by atoms with Crippen LogP contribution in [0.4, 0.5) is 4.79 Å². The molecule has 9 heteroatoms. The molecule has 4 rings (SSSR count). The minimum absolute atomic E-state index is 0.100. The Bertz CT molecular complexity index is 925. The maximum atomic E-state index is 12.7. The van der Waals surface area contributed by atoms with Crippen molar-refractivity contribution in [2.75, 3.05) is 12.8 Å². The van der Waals surface area contributed by atoms with Crippen molar-refractivity contribution >= 4 is 35.3 Å². The summed E-state index contributed by atoms with van der Waals surface area (Å²) in [4.78, 5) is 26.6. The number of amides is 3. The highest BCUT2D eigenvalue weighted by Gasteiger charge is 2.33. The van der Waals surface area contributed by atoms with E-state index in [0.717, 1.165) is 18.4 Å². The monoisotopic (exact) mass is 419 g/mol. The summed E-state index contributed by atoms with van der Waals surface area (Å²) in [5.41, 5.74) is 7.94. The van der Waals surface area contributed by atoms with Crippen molar-refractivity contribution in [2.45, 2.75) is 37.2 Å². The molecule has 2 heterocycles. The van der Waals surface area contributed by atoms with E-state index in [0.29, 0.717) is 46.9 Å². The van der Waals surface area contributed by atoms with E-state index < -0.39 is 5.91 Å². The number of carbonyl (C=O) groups excluding carboxylic acids is 2. The van der Waals surface area contributed by atoms with Gasteiger partial charge in [0.1, 0.15) is 5.69 Å². The van der Waals surface area contributed by atoms with Crippen LogP contribution in [0.3, 0.4) is 0 Å². The van der Waals surface area contributed by atoms with Gasteiger partial charge in [0.15, 0.2) is 0 Å². The van der Waals surface area contributed by atoms with Gasteiger partial charge in [0.2, 0.25) is 0 Å². The Balaban J connectivity index is 1.56. The zero-order valence-corrected chi connectivity index (χ0v) is 17.1. The van der Waals surface area contributed by atoms with Gasteiger partial charge in [-0.15, -0.1) is 0 Å². The lowest BCUT2D eigenvalue weighted by Gasteiger charge is -2.37. The summed E-state index contributed by atoms with van der Waals surface area (Å²) >= 11 is 7.93. The van der Waals surface area contributed by atoms with E-state index >= 15 is 0 Å². The molecule has 1 aromatic heterocycles. The largest absolute Gasteiger partial charge is 0.365 e. The number of halogens is 1. The van der Waals surface area contributed by atoms with Gasteiger partial charge in [-0.3, -0.25) is 9.48 Å². The Morgan fingerprint density at radius 3 is 2.79 bits per heavy atom. The van der Waals surface area contributed by atoms with Crippen molar-refractivity contribution in [1.29, 1.82) is 0 Å². The predicted molar refractivity (Wildman–Crippen MR) is 110 cm³/mol. The van der Waals surface area contributed by atoms with E-state index in [-0.39, 0.29) is 12.1 Å². The second-order valence-corrected chi connectivity index (χ2v) is 8.74. The molecule has 3 N–H and O–H groups in total. The summed E-state index contributed by atoms with van der Waals surface area (Å²) in [6.45, 7) is 1.35. The molecule has 0 atom stereocenters. The van der Waals surface area contributed by atoms with Crippen LogP contribution in [0.25, 0.3) is 11.3 Å². The number of fused-ring (bicyclic) bond motifs is 1. The smallest absolute Gasteiger partial charge is 0.318 e. The number of nitrogens with two attached hydrogens (primary N) is 1. The molecule has 0 unspecified atom stereocenters. The quantitative estimate of drug-likeness (QED) is 0.796. The summed E-state index contributed by atoms with van der Waals surface area (Å²) in [6, 6.07) is 7.30. The molecule has 0 bridgehead atoms. The SMILES string of the molecule is CS[C@H]1C[C@H](NC(=O)N2CCn3nc(-c4cccc(Cl)c4)c(C(N)=O)c3C2)C1. The van der Waals surface area contributed by atoms with E-state index in [1.165, 1.54) is 0 Å². The van der Waals surface area contributed by atoms with Crippen LogP contribution in [0, 0.1) is 0 Å². The zero-order chi connectivity index (χ0) is 19.8. The minimum Gasteiger partial charge on any atom is -0.365 e. The van der Waals surface area contributed by atoms with E-state index in [4.69, 9.17) is 17.3 Å². The van der Waals surface area contributed by atoms with Gasteiger partial charge in [-0.05, 0) is 31.2 Å². The molecule has 0 spiro atoms. The van der Waals surface area contributed by atoms with Crippen molar-refractivity contribution in [3.8, 4) is 11.3 Å². The van der Waals surface area contributed by atoms with Crippen LogP contribution in [-0.4, -0.2) is 50.7 Å². The highest BCUT2D eigenvalue weighted by atomic mass is 35.5. The molecule has 1 saturated carbocycles. The fourth-order valence-corrected chi connectivity index (χ4v) is 4.77. The van der Waals surface area contributed by atoms with E-state index in [2.05, 4.69) is 16.7 Å². The van der Waals surface area contributed by atoms with Crippen molar-refractivity contribution in [3.63, 3.8) is 0 Å². The van der Waals surface area contributed by atoms with Crippen molar-refractivity contribution in [1.82, 2.24) is 20.0 Å². The topological polar surface area (TPSA) is 93.2 Å². The number of rotatable bonds is 4. The van der Waals surface area contributed by atoms with Crippen LogP contribution in [0.5, 0.6) is 0 Å².